The maximum Gasteiger partial charge on any atom is 0.435 e. The molecule has 1 aliphatic rings. The van der Waals surface area contributed by atoms with E-state index in [0.717, 1.165) is 10.7 Å². The van der Waals surface area contributed by atoms with Crippen LogP contribution in [0.1, 0.15) is 24.0 Å². The normalized spacial score (nSPS) is 17.1. The molecule has 1 saturated heterocycles. The van der Waals surface area contributed by atoms with Gasteiger partial charge in [-0.1, -0.05) is 6.07 Å². The molecule has 11 heteroatoms. The summed E-state index contributed by atoms with van der Waals surface area (Å²) in [6.07, 6.45) is -3.91. The molecule has 154 valence electrons. The third-order valence-corrected chi connectivity index (χ3v) is 4.49. The van der Waals surface area contributed by atoms with E-state index in [1.807, 2.05) is 0 Å². The van der Waals surface area contributed by atoms with Gasteiger partial charge in [-0.15, -0.1) is 0 Å². The first-order chi connectivity index (χ1) is 13.8. The number of nitrogens with zero attached hydrogens (tertiary/aromatic N) is 5. The van der Waals surface area contributed by atoms with Gasteiger partial charge in [-0.2, -0.15) is 23.4 Å². The van der Waals surface area contributed by atoms with Crippen LogP contribution in [0.5, 0.6) is 5.75 Å². The first kappa shape index (κ1) is 19.4. The highest BCUT2D eigenvalue weighted by Crippen LogP contribution is 2.32. The van der Waals surface area contributed by atoms with Crippen LogP contribution in [0.25, 0.3) is 11.5 Å². The van der Waals surface area contributed by atoms with Crippen LogP contribution < -0.4 is 4.74 Å². The lowest BCUT2D eigenvalue weighted by Gasteiger charge is -2.11. The summed E-state index contributed by atoms with van der Waals surface area (Å²) in [5.74, 6) is 0.348. The molecule has 4 rings (SSSR count). The lowest BCUT2D eigenvalue weighted by atomic mass is 10.2. The fourth-order valence-electron chi connectivity index (χ4n) is 3.09. The average Bonchev–Trinajstić information content (AvgIpc) is 3.38. The van der Waals surface area contributed by atoms with E-state index >= 15 is 0 Å². The predicted molar refractivity (Wildman–Crippen MR) is 92.4 cm³/mol. The van der Waals surface area contributed by atoms with E-state index in [2.05, 4.69) is 15.2 Å². The van der Waals surface area contributed by atoms with Gasteiger partial charge < -0.3 is 9.47 Å². The molecule has 0 radical (unpaired) electrons. The van der Waals surface area contributed by atoms with Gasteiger partial charge in [0, 0.05) is 19.7 Å². The summed E-state index contributed by atoms with van der Waals surface area (Å²) in [6.45, 7) is 0.837. The molecule has 3 aromatic rings. The summed E-state index contributed by atoms with van der Waals surface area (Å²) in [7, 11) is 1.41. The molecule has 29 heavy (non-hydrogen) atoms. The van der Waals surface area contributed by atoms with Gasteiger partial charge in [0.2, 0.25) is 0 Å². The number of halogens is 4. The van der Waals surface area contributed by atoms with Crippen molar-refractivity contribution in [3.63, 3.8) is 0 Å². The largest absolute Gasteiger partial charge is 0.485 e. The van der Waals surface area contributed by atoms with E-state index in [1.165, 1.54) is 25.2 Å². The molecule has 1 aliphatic heterocycles. The van der Waals surface area contributed by atoms with Crippen LogP contribution >= 0.6 is 0 Å². The van der Waals surface area contributed by atoms with E-state index in [9.17, 15) is 17.6 Å². The highest BCUT2D eigenvalue weighted by molar-refractivity contribution is 5.51. The van der Waals surface area contributed by atoms with Crippen molar-refractivity contribution >= 4 is 0 Å². The van der Waals surface area contributed by atoms with E-state index in [1.54, 1.807) is 10.7 Å². The standard InChI is InChI=1S/C18H17F4N5O2/c1-26-14(8-15(24-26)18(20,21)22)17-23-16(25-27(17)12-5-6-28-9-12)10-29-13-4-2-3-11(19)7-13/h2-4,7-8,12H,5-6,9-10H2,1H3. The van der Waals surface area contributed by atoms with Gasteiger partial charge in [0.15, 0.2) is 17.3 Å². The van der Waals surface area contributed by atoms with Gasteiger partial charge >= 0.3 is 6.18 Å². The summed E-state index contributed by atoms with van der Waals surface area (Å²) in [5.41, 5.74) is -0.835. The number of alkyl halides is 3. The Morgan fingerprint density at radius 3 is 2.72 bits per heavy atom. The van der Waals surface area contributed by atoms with E-state index in [-0.39, 0.29) is 30.0 Å². The number of benzene rings is 1. The number of hydrogen-bond acceptors (Lipinski definition) is 5. The summed E-state index contributed by atoms with van der Waals surface area (Å²) >= 11 is 0. The fraction of sp³-hybridized carbons (Fsp3) is 0.389. The van der Waals surface area contributed by atoms with Crippen molar-refractivity contribution in [2.75, 3.05) is 13.2 Å². The Labute approximate surface area is 162 Å². The Balaban J connectivity index is 1.66. The van der Waals surface area contributed by atoms with E-state index < -0.39 is 17.7 Å². The van der Waals surface area contributed by atoms with Crippen molar-refractivity contribution < 1.29 is 27.0 Å². The highest BCUT2D eigenvalue weighted by atomic mass is 19.4. The minimum atomic E-state index is -4.57. The lowest BCUT2D eigenvalue weighted by molar-refractivity contribution is -0.141. The topological polar surface area (TPSA) is 67.0 Å². The number of aromatic nitrogens is 5. The molecular formula is C18H17F4N5O2. The van der Waals surface area contributed by atoms with Gasteiger partial charge in [-0.3, -0.25) is 4.68 Å². The molecule has 0 amide bonds. The van der Waals surface area contributed by atoms with Crippen LogP contribution in [0.4, 0.5) is 17.6 Å². The van der Waals surface area contributed by atoms with E-state index in [4.69, 9.17) is 9.47 Å². The van der Waals surface area contributed by atoms with Crippen molar-refractivity contribution in [2.24, 2.45) is 7.05 Å². The van der Waals surface area contributed by atoms with Crippen molar-refractivity contribution in [2.45, 2.75) is 25.2 Å². The molecule has 2 aromatic heterocycles. The number of aryl methyl sites for hydroxylation is 1. The number of rotatable bonds is 5. The van der Waals surface area contributed by atoms with Crippen LogP contribution in [0.2, 0.25) is 0 Å². The Kier molecular flexibility index (Phi) is 4.99. The quantitative estimate of drug-likeness (QED) is 0.603. The van der Waals surface area contributed by atoms with Gasteiger partial charge in [0.1, 0.15) is 23.9 Å². The van der Waals surface area contributed by atoms with Crippen molar-refractivity contribution in [3.8, 4) is 17.3 Å². The number of ether oxygens (including phenoxy) is 2. The Hall–Kier alpha value is -2.95. The second kappa shape index (κ2) is 7.47. The molecule has 1 aromatic carbocycles. The highest BCUT2D eigenvalue weighted by Gasteiger charge is 2.36. The van der Waals surface area contributed by atoms with Crippen LogP contribution in [0, 0.1) is 5.82 Å². The van der Waals surface area contributed by atoms with Gasteiger partial charge in [-0.25, -0.2) is 14.1 Å². The Morgan fingerprint density at radius 1 is 1.24 bits per heavy atom. The Morgan fingerprint density at radius 2 is 2.07 bits per heavy atom. The molecule has 0 bridgehead atoms. The van der Waals surface area contributed by atoms with Crippen molar-refractivity contribution in [1.29, 1.82) is 0 Å². The summed E-state index contributed by atoms with van der Waals surface area (Å²) in [4.78, 5) is 4.37. The third kappa shape index (κ3) is 4.09. The first-order valence-electron chi connectivity index (χ1n) is 8.84. The fourth-order valence-corrected chi connectivity index (χ4v) is 3.09. The first-order valence-corrected chi connectivity index (χ1v) is 8.84. The monoisotopic (exact) mass is 411 g/mol. The molecule has 3 heterocycles. The second-order valence-electron chi connectivity index (χ2n) is 6.60. The molecule has 0 N–H and O–H groups in total. The average molecular weight is 411 g/mol. The summed E-state index contributed by atoms with van der Waals surface area (Å²) in [5, 5.41) is 7.95. The SMILES string of the molecule is Cn1nc(C(F)(F)F)cc1-c1nc(COc2cccc(F)c2)nn1C1CCOC1. The maximum atomic E-state index is 13.3. The minimum absolute atomic E-state index is 0.0684. The molecule has 1 unspecified atom stereocenters. The maximum absolute atomic E-state index is 13.3. The zero-order valence-electron chi connectivity index (χ0n) is 15.4. The van der Waals surface area contributed by atoms with Crippen molar-refractivity contribution in [1.82, 2.24) is 24.5 Å². The molecule has 1 atom stereocenters. The second-order valence-corrected chi connectivity index (χ2v) is 6.60. The third-order valence-electron chi connectivity index (χ3n) is 4.49. The summed E-state index contributed by atoms with van der Waals surface area (Å²) < 4.78 is 66.0. The molecule has 0 saturated carbocycles. The smallest absolute Gasteiger partial charge is 0.435 e. The van der Waals surface area contributed by atoms with Crippen molar-refractivity contribution in [3.05, 3.63) is 47.7 Å². The Bertz CT molecular complexity index is 1010. The van der Waals surface area contributed by atoms with Crippen LogP contribution in [0.3, 0.4) is 0 Å². The van der Waals surface area contributed by atoms with E-state index in [0.29, 0.717) is 25.4 Å². The lowest BCUT2D eigenvalue weighted by Crippen LogP contribution is -2.13. The number of hydrogen-bond donors (Lipinski definition) is 0. The molecule has 7 nitrogen and oxygen atoms in total. The zero-order valence-corrected chi connectivity index (χ0v) is 15.4. The van der Waals surface area contributed by atoms with Gasteiger partial charge in [-0.05, 0) is 24.6 Å². The summed E-state index contributed by atoms with van der Waals surface area (Å²) in [6, 6.07) is 6.38. The van der Waals surface area contributed by atoms with Crippen LogP contribution in [-0.4, -0.2) is 37.8 Å². The van der Waals surface area contributed by atoms with Crippen LogP contribution in [-0.2, 0) is 24.6 Å². The molecular weight excluding hydrogens is 394 g/mol. The predicted octanol–water partition coefficient (Wildman–Crippen LogP) is 3.38. The zero-order chi connectivity index (χ0) is 20.6. The van der Waals surface area contributed by atoms with Gasteiger partial charge in [0.25, 0.3) is 0 Å². The van der Waals surface area contributed by atoms with Gasteiger partial charge in [0.05, 0.1) is 12.6 Å². The minimum Gasteiger partial charge on any atom is -0.485 e. The molecule has 1 fully saturated rings. The molecule has 0 aliphatic carbocycles. The molecule has 0 spiro atoms. The van der Waals surface area contributed by atoms with Crippen LogP contribution in [0.15, 0.2) is 30.3 Å².